The smallest absolute Gasteiger partial charge is 0.227 e. The predicted molar refractivity (Wildman–Crippen MR) is 94.1 cm³/mol. The van der Waals surface area contributed by atoms with Gasteiger partial charge in [-0.2, -0.15) is 4.31 Å². The summed E-state index contributed by atoms with van der Waals surface area (Å²) in [4.78, 5) is 14.8. The van der Waals surface area contributed by atoms with E-state index in [0.29, 0.717) is 13.0 Å². The number of likely N-dealkylation sites (tertiary alicyclic amines) is 1. The molecular formula is C18H26N2O3S. The number of benzene rings is 1. The largest absolute Gasteiger partial charge is 0.338 e. The molecule has 2 aliphatic rings. The molecule has 2 aliphatic heterocycles. The van der Waals surface area contributed by atoms with E-state index < -0.39 is 10.0 Å². The molecule has 2 heterocycles. The summed E-state index contributed by atoms with van der Waals surface area (Å²) in [6, 6.07) is 9.73. The maximum atomic E-state index is 12.8. The molecule has 2 fully saturated rings. The molecule has 0 aliphatic carbocycles. The minimum atomic E-state index is -3.23. The van der Waals surface area contributed by atoms with Gasteiger partial charge in [-0.15, -0.1) is 0 Å². The summed E-state index contributed by atoms with van der Waals surface area (Å²) in [7, 11) is -3.23. The first-order valence-electron chi connectivity index (χ1n) is 8.77. The zero-order valence-corrected chi connectivity index (χ0v) is 15.0. The van der Waals surface area contributed by atoms with Gasteiger partial charge in [-0.05, 0) is 31.2 Å². The standard InChI is InChI=1S/C18H26N2O3S/c1-24(22,23)20-13-6-5-10-16-17(20)11-7-12-19(16)18(21)14-15-8-3-2-4-9-15/h2-4,8-9,16-17H,5-7,10-14H2,1H3/t16-,17-/m1/s1. The van der Waals surface area contributed by atoms with Crippen LogP contribution in [-0.2, 0) is 21.2 Å². The van der Waals surface area contributed by atoms with Crippen molar-refractivity contribution in [2.75, 3.05) is 19.3 Å². The maximum Gasteiger partial charge on any atom is 0.227 e. The van der Waals surface area contributed by atoms with Crippen LogP contribution in [0.5, 0.6) is 0 Å². The van der Waals surface area contributed by atoms with Crippen LogP contribution in [0.4, 0.5) is 0 Å². The van der Waals surface area contributed by atoms with Crippen LogP contribution in [0, 0.1) is 0 Å². The normalized spacial score (nSPS) is 25.8. The molecule has 0 spiro atoms. The summed E-state index contributed by atoms with van der Waals surface area (Å²) in [6.07, 6.45) is 6.16. The van der Waals surface area contributed by atoms with E-state index in [1.54, 1.807) is 4.31 Å². The average Bonchev–Trinajstić information content (AvgIpc) is 2.77. The SMILES string of the molecule is CS(=O)(=O)N1CCCC[C@@H]2[C@H]1CCCN2C(=O)Cc1ccccc1. The van der Waals surface area contributed by atoms with Gasteiger partial charge in [-0.25, -0.2) is 8.42 Å². The molecule has 2 atom stereocenters. The highest BCUT2D eigenvalue weighted by molar-refractivity contribution is 7.88. The zero-order valence-electron chi connectivity index (χ0n) is 14.2. The van der Waals surface area contributed by atoms with E-state index in [1.165, 1.54) is 6.26 Å². The van der Waals surface area contributed by atoms with Gasteiger partial charge in [0.15, 0.2) is 0 Å². The molecule has 3 rings (SSSR count). The molecule has 0 saturated carbocycles. The Balaban J connectivity index is 1.80. The number of carbonyl (C=O) groups is 1. The van der Waals surface area contributed by atoms with Gasteiger partial charge < -0.3 is 4.90 Å². The van der Waals surface area contributed by atoms with Crippen molar-refractivity contribution in [3.05, 3.63) is 35.9 Å². The highest BCUT2D eigenvalue weighted by atomic mass is 32.2. The first kappa shape index (κ1) is 17.4. The number of nitrogens with zero attached hydrogens (tertiary/aromatic N) is 2. The van der Waals surface area contributed by atoms with E-state index >= 15 is 0 Å². The lowest BCUT2D eigenvalue weighted by molar-refractivity contribution is -0.135. The van der Waals surface area contributed by atoms with E-state index in [-0.39, 0.29) is 18.0 Å². The van der Waals surface area contributed by atoms with Crippen LogP contribution in [0.25, 0.3) is 0 Å². The summed E-state index contributed by atoms with van der Waals surface area (Å²) in [5.74, 6) is 0.117. The third-order valence-corrected chi connectivity index (χ3v) is 6.49. The predicted octanol–water partition coefficient (Wildman–Crippen LogP) is 2.03. The number of carbonyl (C=O) groups excluding carboxylic acids is 1. The number of fused-ring (bicyclic) bond motifs is 1. The van der Waals surface area contributed by atoms with Crippen LogP contribution in [-0.4, -0.2) is 55.0 Å². The number of hydrogen-bond donors (Lipinski definition) is 0. The zero-order chi connectivity index (χ0) is 17.2. The topological polar surface area (TPSA) is 57.7 Å². The van der Waals surface area contributed by atoms with Crippen LogP contribution >= 0.6 is 0 Å². The molecule has 1 amide bonds. The monoisotopic (exact) mass is 350 g/mol. The molecule has 0 aromatic heterocycles. The minimum Gasteiger partial charge on any atom is -0.338 e. The second-order valence-corrected chi connectivity index (χ2v) is 8.83. The van der Waals surface area contributed by atoms with Crippen molar-refractivity contribution in [3.8, 4) is 0 Å². The number of sulfonamides is 1. The van der Waals surface area contributed by atoms with E-state index in [0.717, 1.165) is 44.2 Å². The molecule has 0 radical (unpaired) electrons. The van der Waals surface area contributed by atoms with Gasteiger partial charge in [0, 0.05) is 25.2 Å². The Bertz CT molecular complexity index is 675. The lowest BCUT2D eigenvalue weighted by Crippen LogP contribution is -2.57. The fraction of sp³-hybridized carbons (Fsp3) is 0.611. The van der Waals surface area contributed by atoms with Crippen molar-refractivity contribution in [3.63, 3.8) is 0 Å². The highest BCUT2D eigenvalue weighted by Crippen LogP contribution is 2.31. The first-order valence-corrected chi connectivity index (χ1v) is 10.6. The summed E-state index contributed by atoms with van der Waals surface area (Å²) >= 11 is 0. The van der Waals surface area contributed by atoms with Crippen LogP contribution in [0.3, 0.4) is 0 Å². The Morgan fingerprint density at radius 1 is 1.04 bits per heavy atom. The molecule has 6 heteroatoms. The number of amides is 1. The minimum absolute atomic E-state index is 0.0205. The summed E-state index contributed by atoms with van der Waals surface area (Å²) in [5.41, 5.74) is 1.01. The number of rotatable bonds is 3. The molecule has 132 valence electrons. The molecule has 5 nitrogen and oxygen atoms in total. The molecule has 2 saturated heterocycles. The van der Waals surface area contributed by atoms with Gasteiger partial charge in [0.1, 0.15) is 0 Å². The van der Waals surface area contributed by atoms with E-state index in [1.807, 2.05) is 35.2 Å². The summed E-state index contributed by atoms with van der Waals surface area (Å²) in [5, 5.41) is 0. The summed E-state index contributed by atoms with van der Waals surface area (Å²) in [6.45, 7) is 1.32. The molecule has 24 heavy (non-hydrogen) atoms. The van der Waals surface area contributed by atoms with E-state index in [2.05, 4.69) is 0 Å². The Labute approximate surface area is 144 Å². The third-order valence-electron chi connectivity index (χ3n) is 5.19. The fourth-order valence-electron chi connectivity index (χ4n) is 4.10. The molecule has 0 bridgehead atoms. The van der Waals surface area contributed by atoms with Crippen LogP contribution in [0.2, 0.25) is 0 Å². The fourth-order valence-corrected chi connectivity index (χ4v) is 5.30. The van der Waals surface area contributed by atoms with E-state index in [9.17, 15) is 13.2 Å². The Hall–Kier alpha value is -1.40. The Morgan fingerprint density at radius 3 is 2.46 bits per heavy atom. The molecule has 0 N–H and O–H groups in total. The second-order valence-electron chi connectivity index (χ2n) is 6.90. The van der Waals surface area contributed by atoms with Gasteiger partial charge in [0.05, 0.1) is 12.7 Å². The van der Waals surface area contributed by atoms with Crippen LogP contribution < -0.4 is 0 Å². The molecule has 0 unspecified atom stereocenters. The average molecular weight is 350 g/mol. The van der Waals surface area contributed by atoms with Crippen LogP contribution in [0.1, 0.15) is 37.7 Å². The quantitative estimate of drug-likeness (QED) is 0.838. The lowest BCUT2D eigenvalue weighted by Gasteiger charge is -2.44. The third kappa shape index (κ3) is 3.81. The number of piperidine rings is 1. The van der Waals surface area contributed by atoms with Gasteiger partial charge in [-0.1, -0.05) is 36.8 Å². The Morgan fingerprint density at radius 2 is 1.75 bits per heavy atom. The maximum absolute atomic E-state index is 12.8. The van der Waals surface area contributed by atoms with Gasteiger partial charge >= 0.3 is 0 Å². The van der Waals surface area contributed by atoms with Crippen molar-refractivity contribution in [1.82, 2.24) is 9.21 Å². The molecular weight excluding hydrogens is 324 g/mol. The van der Waals surface area contributed by atoms with Crippen molar-refractivity contribution in [2.24, 2.45) is 0 Å². The van der Waals surface area contributed by atoms with Gasteiger partial charge in [0.2, 0.25) is 15.9 Å². The number of hydrogen-bond acceptors (Lipinski definition) is 3. The molecule has 1 aromatic rings. The lowest BCUT2D eigenvalue weighted by atomic mass is 9.92. The molecule has 1 aromatic carbocycles. The van der Waals surface area contributed by atoms with Gasteiger partial charge in [0.25, 0.3) is 0 Å². The van der Waals surface area contributed by atoms with Gasteiger partial charge in [-0.3, -0.25) is 4.79 Å². The van der Waals surface area contributed by atoms with Crippen molar-refractivity contribution in [1.29, 1.82) is 0 Å². The second kappa shape index (κ2) is 7.23. The van der Waals surface area contributed by atoms with Crippen molar-refractivity contribution < 1.29 is 13.2 Å². The summed E-state index contributed by atoms with van der Waals surface area (Å²) < 4.78 is 26.0. The van der Waals surface area contributed by atoms with Crippen molar-refractivity contribution in [2.45, 2.75) is 50.6 Å². The van der Waals surface area contributed by atoms with Crippen LogP contribution in [0.15, 0.2) is 30.3 Å². The van der Waals surface area contributed by atoms with E-state index in [4.69, 9.17) is 0 Å². The highest BCUT2D eigenvalue weighted by Gasteiger charge is 2.41. The Kier molecular flexibility index (Phi) is 5.25. The first-order chi connectivity index (χ1) is 11.5. The van der Waals surface area contributed by atoms with Crippen molar-refractivity contribution >= 4 is 15.9 Å².